The van der Waals surface area contributed by atoms with Gasteiger partial charge in [0.05, 0.1) is 6.04 Å². The normalized spacial score (nSPS) is 17.6. The van der Waals surface area contributed by atoms with E-state index >= 15 is 0 Å². The van der Waals surface area contributed by atoms with Crippen molar-refractivity contribution in [3.05, 3.63) is 59.2 Å². The van der Waals surface area contributed by atoms with Crippen LogP contribution in [0.4, 0.5) is 0 Å². The molecule has 1 amide bonds. The Morgan fingerprint density at radius 1 is 1.15 bits per heavy atom. The van der Waals surface area contributed by atoms with Crippen LogP contribution in [0.25, 0.3) is 0 Å². The Hall–Kier alpha value is -2.49. The van der Waals surface area contributed by atoms with Gasteiger partial charge in [-0.2, -0.15) is 0 Å². The van der Waals surface area contributed by atoms with Gasteiger partial charge in [0.15, 0.2) is 6.61 Å². The monoisotopic (exact) mass is 367 g/mol. The quantitative estimate of drug-likeness (QED) is 0.791. The summed E-state index contributed by atoms with van der Waals surface area (Å²) in [4.78, 5) is 12.6. The van der Waals surface area contributed by atoms with Crippen LogP contribution in [0, 0.1) is 13.8 Å². The van der Waals surface area contributed by atoms with Crippen molar-refractivity contribution in [2.24, 2.45) is 0 Å². The van der Waals surface area contributed by atoms with E-state index < -0.39 is 0 Å². The molecule has 0 saturated heterocycles. The molecule has 1 atom stereocenters. The maximum atomic E-state index is 12.6. The van der Waals surface area contributed by atoms with Gasteiger partial charge in [-0.3, -0.25) is 4.79 Å². The first-order valence-electron chi connectivity index (χ1n) is 9.74. The molecule has 0 aromatic heterocycles. The van der Waals surface area contributed by atoms with Crippen LogP contribution in [-0.4, -0.2) is 18.1 Å². The molecule has 2 aromatic rings. The smallest absolute Gasteiger partial charge is 0.258 e. The van der Waals surface area contributed by atoms with Gasteiger partial charge < -0.3 is 14.8 Å². The highest BCUT2D eigenvalue weighted by Gasteiger charge is 2.38. The Morgan fingerprint density at radius 2 is 1.89 bits per heavy atom. The second-order valence-electron chi connectivity index (χ2n) is 7.34. The summed E-state index contributed by atoms with van der Waals surface area (Å²) in [5, 5.41) is 3.16. The summed E-state index contributed by atoms with van der Waals surface area (Å²) in [5.41, 5.74) is 3.02. The number of benzene rings is 2. The molecule has 1 aliphatic heterocycles. The van der Waals surface area contributed by atoms with Crippen LogP contribution in [0.2, 0.25) is 0 Å². The molecule has 3 rings (SSSR count). The van der Waals surface area contributed by atoms with Gasteiger partial charge in [0.1, 0.15) is 17.1 Å². The van der Waals surface area contributed by atoms with Gasteiger partial charge in [-0.1, -0.05) is 44.2 Å². The summed E-state index contributed by atoms with van der Waals surface area (Å²) < 4.78 is 12.1. The van der Waals surface area contributed by atoms with E-state index in [4.69, 9.17) is 9.47 Å². The van der Waals surface area contributed by atoms with Gasteiger partial charge >= 0.3 is 0 Å². The number of para-hydroxylation sites is 1. The fourth-order valence-electron chi connectivity index (χ4n) is 3.69. The first-order chi connectivity index (χ1) is 13.0. The molecule has 144 valence electrons. The van der Waals surface area contributed by atoms with Crippen molar-refractivity contribution >= 4 is 5.91 Å². The van der Waals surface area contributed by atoms with Crippen molar-refractivity contribution in [2.75, 3.05) is 6.61 Å². The third-order valence-corrected chi connectivity index (χ3v) is 5.73. The highest BCUT2D eigenvalue weighted by atomic mass is 16.5. The lowest BCUT2D eigenvalue weighted by atomic mass is 9.83. The van der Waals surface area contributed by atoms with Gasteiger partial charge in [-0.05, 0) is 49.9 Å². The Labute approximate surface area is 161 Å². The van der Waals surface area contributed by atoms with Crippen molar-refractivity contribution in [3.8, 4) is 11.5 Å². The lowest BCUT2D eigenvalue weighted by Crippen LogP contribution is -2.45. The number of amides is 1. The van der Waals surface area contributed by atoms with Crippen LogP contribution in [0.1, 0.15) is 55.8 Å². The SMILES string of the molecule is CCC1(CC)C[C@@H](NC(=O)COc2cccc(C)c2C)c2ccccc2O1. The van der Waals surface area contributed by atoms with E-state index in [2.05, 4.69) is 19.2 Å². The first kappa shape index (κ1) is 19.3. The lowest BCUT2D eigenvalue weighted by molar-refractivity contribution is -0.124. The highest BCUT2D eigenvalue weighted by molar-refractivity contribution is 5.78. The van der Waals surface area contributed by atoms with Crippen molar-refractivity contribution in [3.63, 3.8) is 0 Å². The number of nitrogens with one attached hydrogen (secondary N) is 1. The van der Waals surface area contributed by atoms with Gasteiger partial charge in [-0.15, -0.1) is 0 Å². The molecule has 4 nitrogen and oxygen atoms in total. The summed E-state index contributed by atoms with van der Waals surface area (Å²) in [6.45, 7) is 8.33. The number of rotatable bonds is 6. The molecular weight excluding hydrogens is 338 g/mol. The third kappa shape index (κ3) is 4.10. The molecule has 4 heteroatoms. The minimum Gasteiger partial charge on any atom is -0.487 e. The van der Waals surface area contributed by atoms with E-state index in [1.165, 1.54) is 0 Å². The van der Waals surface area contributed by atoms with E-state index in [9.17, 15) is 4.79 Å². The molecule has 0 saturated carbocycles. The largest absolute Gasteiger partial charge is 0.487 e. The molecule has 0 fully saturated rings. The number of ether oxygens (including phenoxy) is 2. The predicted molar refractivity (Wildman–Crippen MR) is 107 cm³/mol. The molecule has 1 N–H and O–H groups in total. The van der Waals surface area contributed by atoms with E-state index in [1.807, 2.05) is 56.3 Å². The van der Waals surface area contributed by atoms with Crippen LogP contribution in [0.15, 0.2) is 42.5 Å². The molecule has 0 unspecified atom stereocenters. The van der Waals surface area contributed by atoms with E-state index in [-0.39, 0.29) is 24.2 Å². The second-order valence-corrected chi connectivity index (χ2v) is 7.34. The molecule has 0 spiro atoms. The summed E-state index contributed by atoms with van der Waals surface area (Å²) in [5.74, 6) is 1.51. The Bertz CT molecular complexity index is 811. The van der Waals surface area contributed by atoms with Crippen LogP contribution >= 0.6 is 0 Å². The Balaban J connectivity index is 1.72. The number of hydrogen-bond acceptors (Lipinski definition) is 3. The Kier molecular flexibility index (Phi) is 5.73. The molecule has 2 aromatic carbocycles. The minimum atomic E-state index is -0.236. The van der Waals surface area contributed by atoms with Crippen LogP contribution < -0.4 is 14.8 Å². The first-order valence-corrected chi connectivity index (χ1v) is 9.74. The van der Waals surface area contributed by atoms with E-state index in [0.29, 0.717) is 0 Å². The maximum Gasteiger partial charge on any atom is 0.258 e. The average molecular weight is 367 g/mol. The number of carbonyl (C=O) groups is 1. The van der Waals surface area contributed by atoms with Crippen LogP contribution in [-0.2, 0) is 4.79 Å². The zero-order valence-electron chi connectivity index (χ0n) is 16.7. The van der Waals surface area contributed by atoms with Crippen LogP contribution in [0.3, 0.4) is 0 Å². The van der Waals surface area contributed by atoms with Gasteiger partial charge in [0.2, 0.25) is 0 Å². The third-order valence-electron chi connectivity index (χ3n) is 5.73. The summed E-state index contributed by atoms with van der Waals surface area (Å²) in [7, 11) is 0. The molecule has 0 bridgehead atoms. The molecule has 0 radical (unpaired) electrons. The summed E-state index contributed by atoms with van der Waals surface area (Å²) in [6, 6.07) is 13.8. The minimum absolute atomic E-state index is 0.00900. The second kappa shape index (κ2) is 8.03. The zero-order chi connectivity index (χ0) is 19.4. The average Bonchev–Trinajstić information content (AvgIpc) is 2.69. The lowest BCUT2D eigenvalue weighted by Gasteiger charge is -2.41. The molecule has 1 heterocycles. The van der Waals surface area contributed by atoms with Gasteiger partial charge in [0.25, 0.3) is 5.91 Å². The van der Waals surface area contributed by atoms with Crippen molar-refractivity contribution in [2.45, 2.75) is 58.6 Å². The highest BCUT2D eigenvalue weighted by Crippen LogP contribution is 2.42. The summed E-state index contributed by atoms with van der Waals surface area (Å²) in [6.07, 6.45) is 2.58. The Morgan fingerprint density at radius 3 is 2.63 bits per heavy atom. The number of hydrogen-bond donors (Lipinski definition) is 1. The fourth-order valence-corrected chi connectivity index (χ4v) is 3.69. The molecular formula is C23H29NO3. The maximum absolute atomic E-state index is 12.6. The van der Waals surface area contributed by atoms with Gasteiger partial charge in [-0.25, -0.2) is 0 Å². The number of aryl methyl sites for hydroxylation is 1. The topological polar surface area (TPSA) is 47.6 Å². The predicted octanol–water partition coefficient (Wildman–Crippen LogP) is 4.88. The van der Waals surface area contributed by atoms with Gasteiger partial charge in [0, 0.05) is 12.0 Å². The molecule has 27 heavy (non-hydrogen) atoms. The zero-order valence-corrected chi connectivity index (χ0v) is 16.7. The standard InChI is InChI=1S/C23H29NO3/c1-5-23(6-2)14-19(18-11-7-8-12-21(18)27-23)24-22(25)15-26-20-13-9-10-16(3)17(20)4/h7-13,19H,5-6,14-15H2,1-4H3,(H,24,25)/t19-/m1/s1. The van der Waals surface area contributed by atoms with Crippen molar-refractivity contribution < 1.29 is 14.3 Å². The van der Waals surface area contributed by atoms with Crippen molar-refractivity contribution in [1.82, 2.24) is 5.32 Å². The fraction of sp³-hybridized carbons (Fsp3) is 0.435. The number of carbonyl (C=O) groups excluding carboxylic acids is 1. The van der Waals surface area contributed by atoms with E-state index in [0.717, 1.165) is 47.5 Å². The molecule has 1 aliphatic rings. The van der Waals surface area contributed by atoms with Crippen LogP contribution in [0.5, 0.6) is 11.5 Å². The van der Waals surface area contributed by atoms with Crippen molar-refractivity contribution in [1.29, 1.82) is 0 Å². The number of fused-ring (bicyclic) bond motifs is 1. The molecule has 0 aliphatic carbocycles. The van der Waals surface area contributed by atoms with E-state index in [1.54, 1.807) is 0 Å². The summed E-state index contributed by atoms with van der Waals surface area (Å²) >= 11 is 0.